The SMILES string of the molecule is COc1cc(NC(C)c2cccs2)cc([N+](=O)[O-])c1. The molecule has 0 saturated carbocycles. The molecule has 2 rings (SSSR count). The van der Waals surface area contributed by atoms with E-state index in [2.05, 4.69) is 5.32 Å². The molecule has 1 aromatic heterocycles. The highest BCUT2D eigenvalue weighted by Gasteiger charge is 2.12. The van der Waals surface area contributed by atoms with E-state index in [-0.39, 0.29) is 11.7 Å². The van der Waals surface area contributed by atoms with Gasteiger partial charge in [-0.05, 0) is 18.4 Å². The van der Waals surface area contributed by atoms with Crippen LogP contribution < -0.4 is 10.1 Å². The highest BCUT2D eigenvalue weighted by atomic mass is 32.1. The third-order valence-corrected chi connectivity index (χ3v) is 3.75. The van der Waals surface area contributed by atoms with Gasteiger partial charge in [-0.3, -0.25) is 10.1 Å². The summed E-state index contributed by atoms with van der Waals surface area (Å²) < 4.78 is 5.08. The molecule has 1 atom stereocenters. The third-order valence-electron chi connectivity index (χ3n) is 2.69. The minimum absolute atomic E-state index is 0.0141. The average Bonchev–Trinajstić information content (AvgIpc) is 2.92. The molecule has 6 heteroatoms. The number of ether oxygens (including phenoxy) is 1. The third kappa shape index (κ3) is 3.23. The average molecular weight is 278 g/mol. The lowest BCUT2D eigenvalue weighted by atomic mass is 10.2. The molecule has 1 N–H and O–H groups in total. The number of nitrogens with zero attached hydrogens (tertiary/aromatic N) is 1. The van der Waals surface area contributed by atoms with E-state index in [0.29, 0.717) is 11.4 Å². The number of nitro benzene ring substituents is 1. The topological polar surface area (TPSA) is 64.4 Å². The van der Waals surface area contributed by atoms with Gasteiger partial charge in [0.15, 0.2) is 0 Å². The number of benzene rings is 1. The van der Waals surface area contributed by atoms with Crippen LogP contribution in [0.25, 0.3) is 0 Å². The van der Waals surface area contributed by atoms with Gasteiger partial charge in [0, 0.05) is 22.7 Å². The lowest BCUT2D eigenvalue weighted by Gasteiger charge is -2.14. The number of methoxy groups -OCH3 is 1. The maximum absolute atomic E-state index is 10.9. The van der Waals surface area contributed by atoms with E-state index < -0.39 is 4.92 Å². The van der Waals surface area contributed by atoms with E-state index in [1.165, 1.54) is 24.1 Å². The van der Waals surface area contributed by atoms with Crippen molar-refractivity contribution in [2.75, 3.05) is 12.4 Å². The highest BCUT2D eigenvalue weighted by Crippen LogP contribution is 2.29. The Hall–Kier alpha value is -2.08. The van der Waals surface area contributed by atoms with Crippen LogP contribution in [0.3, 0.4) is 0 Å². The summed E-state index contributed by atoms with van der Waals surface area (Å²) in [6.07, 6.45) is 0. The zero-order valence-electron chi connectivity index (χ0n) is 10.6. The first-order valence-corrected chi connectivity index (χ1v) is 6.61. The van der Waals surface area contributed by atoms with Gasteiger partial charge in [-0.1, -0.05) is 6.07 Å². The predicted octanol–water partition coefficient (Wildman–Crippen LogP) is 3.84. The molecule has 1 unspecified atom stereocenters. The van der Waals surface area contributed by atoms with E-state index in [1.807, 2.05) is 24.4 Å². The number of hydrogen-bond donors (Lipinski definition) is 1. The van der Waals surface area contributed by atoms with Crippen molar-refractivity contribution >= 4 is 22.7 Å². The summed E-state index contributed by atoms with van der Waals surface area (Å²) in [5.41, 5.74) is 0.687. The molecule has 0 aliphatic carbocycles. The van der Waals surface area contributed by atoms with Crippen molar-refractivity contribution < 1.29 is 9.66 Å². The maximum Gasteiger partial charge on any atom is 0.275 e. The summed E-state index contributed by atoms with van der Waals surface area (Å²) >= 11 is 1.64. The Bertz CT molecular complexity index is 569. The highest BCUT2D eigenvalue weighted by molar-refractivity contribution is 7.10. The first-order valence-electron chi connectivity index (χ1n) is 5.73. The fraction of sp³-hybridized carbons (Fsp3) is 0.231. The summed E-state index contributed by atoms with van der Waals surface area (Å²) in [6, 6.07) is 8.75. The molecule has 0 aliphatic rings. The summed E-state index contributed by atoms with van der Waals surface area (Å²) in [7, 11) is 1.49. The van der Waals surface area contributed by atoms with Gasteiger partial charge in [0.25, 0.3) is 5.69 Å². The van der Waals surface area contributed by atoms with Crippen molar-refractivity contribution in [3.63, 3.8) is 0 Å². The Morgan fingerprint density at radius 2 is 2.21 bits per heavy atom. The summed E-state index contributed by atoms with van der Waals surface area (Å²) in [4.78, 5) is 11.6. The summed E-state index contributed by atoms with van der Waals surface area (Å²) in [6.45, 7) is 2.01. The van der Waals surface area contributed by atoms with Crippen LogP contribution in [0.5, 0.6) is 5.75 Å². The van der Waals surface area contributed by atoms with Crippen LogP contribution in [0.15, 0.2) is 35.7 Å². The van der Waals surface area contributed by atoms with E-state index in [0.717, 1.165) is 0 Å². The standard InChI is InChI=1S/C13H14N2O3S/c1-9(13-4-3-5-19-13)14-10-6-11(15(16)17)8-12(7-10)18-2/h3-9,14H,1-2H3. The largest absolute Gasteiger partial charge is 0.496 e. The molecule has 1 aromatic carbocycles. The molecule has 0 bridgehead atoms. The maximum atomic E-state index is 10.9. The summed E-state index contributed by atoms with van der Waals surface area (Å²) in [5.74, 6) is 0.468. The molecule has 0 radical (unpaired) electrons. The van der Waals surface area contributed by atoms with Gasteiger partial charge < -0.3 is 10.1 Å². The first-order chi connectivity index (χ1) is 9.10. The second-order valence-electron chi connectivity index (χ2n) is 4.06. The molecule has 19 heavy (non-hydrogen) atoms. The van der Waals surface area contributed by atoms with Gasteiger partial charge in [-0.2, -0.15) is 0 Å². The lowest BCUT2D eigenvalue weighted by molar-refractivity contribution is -0.384. The number of hydrogen-bond acceptors (Lipinski definition) is 5. The minimum Gasteiger partial charge on any atom is -0.496 e. The zero-order valence-corrected chi connectivity index (χ0v) is 11.4. The van der Waals surface area contributed by atoms with Crippen LogP contribution >= 0.6 is 11.3 Å². The fourth-order valence-corrected chi connectivity index (χ4v) is 2.48. The van der Waals surface area contributed by atoms with Crippen molar-refractivity contribution in [2.24, 2.45) is 0 Å². The van der Waals surface area contributed by atoms with E-state index >= 15 is 0 Å². The smallest absolute Gasteiger partial charge is 0.275 e. The Balaban J connectivity index is 2.24. The van der Waals surface area contributed by atoms with Gasteiger partial charge in [0.1, 0.15) is 5.75 Å². The van der Waals surface area contributed by atoms with Gasteiger partial charge in [-0.25, -0.2) is 0 Å². The molecule has 100 valence electrons. The lowest BCUT2D eigenvalue weighted by Crippen LogP contribution is -2.05. The van der Waals surface area contributed by atoms with Crippen LogP contribution in [0, 0.1) is 10.1 Å². The fourth-order valence-electron chi connectivity index (χ4n) is 1.75. The van der Waals surface area contributed by atoms with Crippen LogP contribution in [0.2, 0.25) is 0 Å². The molecule has 0 amide bonds. The number of non-ortho nitro benzene ring substituents is 1. The van der Waals surface area contributed by atoms with Gasteiger partial charge in [-0.15, -0.1) is 11.3 Å². The number of thiophene rings is 1. The molecule has 0 aliphatic heterocycles. The molecule has 5 nitrogen and oxygen atoms in total. The predicted molar refractivity (Wildman–Crippen MR) is 76.0 cm³/mol. The van der Waals surface area contributed by atoms with Crippen molar-refractivity contribution in [1.29, 1.82) is 0 Å². The Kier molecular flexibility index (Phi) is 4.01. The molecular weight excluding hydrogens is 264 g/mol. The second-order valence-corrected chi connectivity index (χ2v) is 5.04. The number of rotatable bonds is 5. The van der Waals surface area contributed by atoms with Gasteiger partial charge >= 0.3 is 0 Å². The normalized spacial score (nSPS) is 11.9. The quantitative estimate of drug-likeness (QED) is 0.666. The summed E-state index contributed by atoms with van der Waals surface area (Å²) in [5, 5.41) is 16.1. The molecule has 1 heterocycles. The van der Waals surface area contributed by atoms with Crippen LogP contribution in [0.4, 0.5) is 11.4 Å². The second kappa shape index (κ2) is 5.71. The minimum atomic E-state index is -0.427. The van der Waals surface area contributed by atoms with Crippen molar-refractivity contribution in [1.82, 2.24) is 0 Å². The Morgan fingerprint density at radius 1 is 1.42 bits per heavy atom. The Morgan fingerprint density at radius 3 is 2.79 bits per heavy atom. The van der Waals surface area contributed by atoms with Crippen LogP contribution in [0.1, 0.15) is 17.8 Å². The number of anilines is 1. The zero-order chi connectivity index (χ0) is 13.8. The molecule has 0 spiro atoms. The Labute approximate surface area is 115 Å². The molecule has 0 fully saturated rings. The molecule has 2 aromatic rings. The molecule has 0 saturated heterocycles. The molecular formula is C13H14N2O3S. The van der Waals surface area contributed by atoms with E-state index in [4.69, 9.17) is 4.74 Å². The number of nitro groups is 1. The van der Waals surface area contributed by atoms with Crippen LogP contribution in [-0.4, -0.2) is 12.0 Å². The van der Waals surface area contributed by atoms with Crippen molar-refractivity contribution in [3.05, 3.63) is 50.7 Å². The van der Waals surface area contributed by atoms with E-state index in [1.54, 1.807) is 17.4 Å². The number of nitrogens with one attached hydrogen (secondary N) is 1. The first kappa shape index (κ1) is 13.4. The van der Waals surface area contributed by atoms with E-state index in [9.17, 15) is 10.1 Å². The van der Waals surface area contributed by atoms with Gasteiger partial charge in [0.05, 0.1) is 24.1 Å². The van der Waals surface area contributed by atoms with Crippen molar-refractivity contribution in [2.45, 2.75) is 13.0 Å². The van der Waals surface area contributed by atoms with Crippen LogP contribution in [-0.2, 0) is 0 Å². The monoisotopic (exact) mass is 278 g/mol. The van der Waals surface area contributed by atoms with Crippen molar-refractivity contribution in [3.8, 4) is 5.75 Å². The van der Waals surface area contributed by atoms with Gasteiger partial charge in [0.2, 0.25) is 0 Å².